The Labute approximate surface area is 257 Å². The highest BCUT2D eigenvalue weighted by Crippen LogP contribution is 2.32. The molecule has 1 aromatic rings. The van der Waals surface area contributed by atoms with E-state index < -0.39 is 0 Å². The number of rotatable bonds is 9. The normalized spacial score (nSPS) is 20.5. The molecular formula is C34H50N6O3. The van der Waals surface area contributed by atoms with E-state index in [1.807, 2.05) is 22.9 Å². The third-order valence-electron chi connectivity index (χ3n) is 8.87. The lowest BCUT2D eigenvalue weighted by Gasteiger charge is -2.37. The molecule has 1 N–H and O–H groups in total. The molecule has 4 rings (SSSR count). The highest BCUT2D eigenvalue weighted by molar-refractivity contribution is 5.85. The first-order valence-corrected chi connectivity index (χ1v) is 16.1. The zero-order valence-electron chi connectivity index (χ0n) is 26.4. The van der Waals surface area contributed by atoms with Gasteiger partial charge >= 0.3 is 6.03 Å². The summed E-state index contributed by atoms with van der Waals surface area (Å²) in [4.78, 5) is 40.0. The molecule has 0 aromatic heterocycles. The first kappa shape index (κ1) is 32.3. The van der Waals surface area contributed by atoms with Crippen molar-refractivity contribution in [2.24, 2.45) is 21.8 Å². The number of piperazine rings is 1. The van der Waals surface area contributed by atoms with E-state index in [1.54, 1.807) is 0 Å². The van der Waals surface area contributed by atoms with E-state index in [0.717, 1.165) is 63.8 Å². The topological polar surface area (TPSA) is 89.8 Å². The van der Waals surface area contributed by atoms with Crippen LogP contribution in [0.1, 0.15) is 71.3 Å². The third kappa shape index (κ3) is 9.18. The minimum Gasteiger partial charge on any atom is -0.493 e. The molecule has 2 heterocycles. The van der Waals surface area contributed by atoms with E-state index in [2.05, 4.69) is 71.1 Å². The molecule has 1 aliphatic carbocycles. The van der Waals surface area contributed by atoms with Crippen LogP contribution in [0.2, 0.25) is 0 Å². The molecule has 9 nitrogen and oxygen atoms in total. The molecule has 2 aliphatic heterocycles. The average Bonchev–Trinajstić information content (AvgIpc) is 3.07. The summed E-state index contributed by atoms with van der Waals surface area (Å²) in [5, 5.41) is 2.93. The number of likely N-dealkylation sites (tertiary alicyclic amines) is 1. The Morgan fingerprint density at radius 1 is 1.00 bits per heavy atom. The molecule has 0 radical (unpaired) electrons. The number of nitrogens with one attached hydrogen (secondary N) is 1. The molecule has 0 spiro atoms. The van der Waals surface area contributed by atoms with Gasteiger partial charge in [0.2, 0.25) is 11.9 Å². The van der Waals surface area contributed by atoms with Crippen LogP contribution in [-0.2, 0) is 4.79 Å². The van der Waals surface area contributed by atoms with E-state index in [1.165, 1.54) is 16.7 Å². The minimum absolute atomic E-state index is 0.0203. The van der Waals surface area contributed by atoms with Crippen molar-refractivity contribution in [1.29, 1.82) is 0 Å². The Hall–Kier alpha value is -3.62. The summed E-state index contributed by atoms with van der Waals surface area (Å²) < 4.78 is 6.17. The van der Waals surface area contributed by atoms with Crippen molar-refractivity contribution in [1.82, 2.24) is 20.0 Å². The third-order valence-corrected chi connectivity index (χ3v) is 8.87. The van der Waals surface area contributed by atoms with Gasteiger partial charge < -0.3 is 24.8 Å². The molecule has 9 heteroatoms. The lowest BCUT2D eigenvalue weighted by molar-refractivity contribution is -0.137. The monoisotopic (exact) mass is 590 g/mol. The summed E-state index contributed by atoms with van der Waals surface area (Å²) in [6, 6.07) is 8.38. The van der Waals surface area contributed by atoms with Gasteiger partial charge in [-0.05, 0) is 87.8 Å². The van der Waals surface area contributed by atoms with Crippen LogP contribution in [0.3, 0.4) is 0 Å². The zero-order valence-corrected chi connectivity index (χ0v) is 26.4. The van der Waals surface area contributed by atoms with Gasteiger partial charge in [0, 0.05) is 57.9 Å². The molecule has 0 bridgehead atoms. The van der Waals surface area contributed by atoms with E-state index in [9.17, 15) is 9.59 Å². The zero-order chi connectivity index (χ0) is 30.6. The number of allylic oxidation sites excluding steroid dienone is 3. The second-order valence-electron chi connectivity index (χ2n) is 11.9. The van der Waals surface area contributed by atoms with E-state index >= 15 is 0 Å². The number of benzene rings is 1. The van der Waals surface area contributed by atoms with Gasteiger partial charge in [-0.2, -0.15) is 0 Å². The smallest absolute Gasteiger partial charge is 0.317 e. The lowest BCUT2D eigenvalue weighted by atomic mass is 9.85. The predicted octanol–water partition coefficient (Wildman–Crippen LogP) is 5.60. The van der Waals surface area contributed by atoms with E-state index in [4.69, 9.17) is 4.74 Å². The summed E-state index contributed by atoms with van der Waals surface area (Å²) in [7, 11) is 0. The summed E-state index contributed by atoms with van der Waals surface area (Å²) >= 11 is 0. The van der Waals surface area contributed by atoms with Gasteiger partial charge in [-0.1, -0.05) is 37.6 Å². The summed E-state index contributed by atoms with van der Waals surface area (Å²) in [5.74, 6) is 2.37. The quantitative estimate of drug-likeness (QED) is 0.300. The second kappa shape index (κ2) is 16.3. The SMILES string of the molecule is C=N/C(=N\C=C(/C)CC)N1CCC(COc2ccc(C3=CCC(C(=O)N4CCN(C(=O)NCCC)CC4)CC3)cc2)CC1. The van der Waals surface area contributed by atoms with Crippen molar-refractivity contribution < 1.29 is 14.3 Å². The molecule has 1 atom stereocenters. The van der Waals surface area contributed by atoms with Crippen LogP contribution in [0.15, 0.2) is 52.1 Å². The molecule has 3 amide bonds. The van der Waals surface area contributed by atoms with Gasteiger partial charge in [0.15, 0.2) is 0 Å². The Kier molecular flexibility index (Phi) is 12.2. The summed E-state index contributed by atoms with van der Waals surface area (Å²) in [6.45, 7) is 15.6. The molecular weight excluding hydrogens is 540 g/mol. The highest BCUT2D eigenvalue weighted by Gasteiger charge is 2.30. The molecule has 0 saturated carbocycles. The van der Waals surface area contributed by atoms with Gasteiger partial charge in [0.25, 0.3) is 0 Å². The van der Waals surface area contributed by atoms with Crippen molar-refractivity contribution in [2.45, 2.75) is 65.7 Å². The fraction of sp³-hybridized carbons (Fsp3) is 0.588. The number of ether oxygens (including phenoxy) is 1. The van der Waals surface area contributed by atoms with Gasteiger partial charge in [-0.15, -0.1) is 0 Å². The minimum atomic E-state index is -0.0203. The van der Waals surface area contributed by atoms with E-state index in [-0.39, 0.29) is 17.9 Å². The maximum Gasteiger partial charge on any atom is 0.317 e. The predicted molar refractivity (Wildman–Crippen MR) is 174 cm³/mol. The van der Waals surface area contributed by atoms with Crippen LogP contribution < -0.4 is 10.1 Å². The molecule has 3 aliphatic rings. The Morgan fingerprint density at radius 2 is 1.70 bits per heavy atom. The molecule has 234 valence electrons. The Morgan fingerprint density at radius 3 is 2.30 bits per heavy atom. The summed E-state index contributed by atoms with van der Waals surface area (Å²) in [5.41, 5.74) is 3.73. The van der Waals surface area contributed by atoms with Crippen molar-refractivity contribution in [3.05, 3.63) is 47.7 Å². The lowest BCUT2D eigenvalue weighted by Crippen LogP contribution is -2.54. The van der Waals surface area contributed by atoms with Gasteiger partial charge in [0.1, 0.15) is 5.75 Å². The second-order valence-corrected chi connectivity index (χ2v) is 11.9. The Balaban J connectivity index is 1.19. The molecule has 1 unspecified atom stereocenters. The largest absolute Gasteiger partial charge is 0.493 e. The first-order valence-electron chi connectivity index (χ1n) is 16.1. The van der Waals surface area contributed by atoms with Crippen LogP contribution in [0.25, 0.3) is 5.57 Å². The number of piperidine rings is 1. The van der Waals surface area contributed by atoms with Crippen LogP contribution in [0, 0.1) is 11.8 Å². The fourth-order valence-electron chi connectivity index (χ4n) is 5.81. The van der Waals surface area contributed by atoms with Crippen molar-refractivity contribution in [3.8, 4) is 5.75 Å². The average molecular weight is 591 g/mol. The standard InChI is InChI=1S/C34H50N6O3/c1-5-17-36-34(42)40-22-20-38(21-23-40)32(41)30-9-7-28(8-10-30)29-11-13-31(14-12-29)43-25-27-15-18-39(19-16-27)33(35-4)37-24-26(3)6-2/h7,11-14,24,27,30H,4-6,8-10,15-23,25H2,1-3H3,(H,36,42)/b26-24+,37-33+. The van der Waals surface area contributed by atoms with Crippen LogP contribution >= 0.6 is 0 Å². The number of carbonyl (C=O) groups excluding carboxylic acids is 2. The van der Waals surface area contributed by atoms with Gasteiger partial charge in [-0.3, -0.25) is 4.79 Å². The van der Waals surface area contributed by atoms with Crippen LogP contribution in [-0.4, -0.2) is 91.7 Å². The number of guanidine groups is 1. The number of hydrogen-bond acceptors (Lipinski definition) is 4. The maximum atomic E-state index is 13.2. The Bertz CT molecular complexity index is 1180. The van der Waals surface area contributed by atoms with Crippen LogP contribution in [0.5, 0.6) is 5.75 Å². The van der Waals surface area contributed by atoms with Gasteiger partial charge in [0.05, 0.1) is 6.61 Å². The van der Waals surface area contributed by atoms with Gasteiger partial charge in [-0.25, -0.2) is 14.8 Å². The fourth-order valence-corrected chi connectivity index (χ4v) is 5.81. The highest BCUT2D eigenvalue weighted by atomic mass is 16.5. The molecule has 2 saturated heterocycles. The number of amides is 3. The van der Waals surface area contributed by atoms with Crippen molar-refractivity contribution >= 4 is 30.2 Å². The molecule has 2 fully saturated rings. The number of nitrogens with zero attached hydrogens (tertiary/aromatic N) is 5. The van der Waals surface area contributed by atoms with Crippen molar-refractivity contribution in [2.75, 3.05) is 52.4 Å². The number of hydrogen-bond donors (Lipinski definition) is 1. The number of aliphatic imine (C=N–C) groups is 2. The molecule has 43 heavy (non-hydrogen) atoms. The maximum absolute atomic E-state index is 13.2. The summed E-state index contributed by atoms with van der Waals surface area (Å²) in [6.07, 6.45) is 10.6. The van der Waals surface area contributed by atoms with Crippen molar-refractivity contribution in [3.63, 3.8) is 0 Å². The molecule has 1 aromatic carbocycles. The van der Waals surface area contributed by atoms with E-state index in [0.29, 0.717) is 51.2 Å². The number of carbonyl (C=O) groups is 2. The number of urea groups is 1. The van der Waals surface area contributed by atoms with Crippen LogP contribution in [0.4, 0.5) is 4.79 Å². The first-order chi connectivity index (χ1) is 20.9.